The van der Waals surface area contributed by atoms with Crippen LogP contribution >= 0.6 is 0 Å². The second kappa shape index (κ2) is 4.00. The predicted octanol–water partition coefficient (Wildman–Crippen LogP) is 2.82. The van der Waals surface area contributed by atoms with Crippen molar-refractivity contribution < 1.29 is 0 Å². The van der Waals surface area contributed by atoms with Crippen LogP contribution in [0.2, 0.25) is 0 Å². The predicted molar refractivity (Wildman–Crippen MR) is 54.9 cm³/mol. The van der Waals surface area contributed by atoms with Crippen LogP contribution in [0.25, 0.3) is 0 Å². The smallest absolute Gasteiger partial charge is 0.133 e. The maximum absolute atomic E-state index is 3.32. The molecule has 0 unspecified atom stereocenters. The number of nitrogens with one attached hydrogen (secondary N) is 1. The standard InChI is InChI=1S/C12H12N/c1-3-7-11(8-4-1)13-12-9-5-2-6-10-12/h1,3-4,7-8,13H,2,5,9H2. The summed E-state index contributed by atoms with van der Waals surface area (Å²) >= 11 is 0. The molecule has 1 nitrogen and oxygen atoms in total. The van der Waals surface area contributed by atoms with Crippen LogP contribution in [0.5, 0.6) is 0 Å². The van der Waals surface area contributed by atoms with Gasteiger partial charge in [-0.2, -0.15) is 0 Å². The highest BCUT2D eigenvalue weighted by molar-refractivity contribution is 5.50. The Labute approximate surface area is 79.2 Å². The third kappa shape index (κ3) is 2.26. The fourth-order valence-electron chi connectivity index (χ4n) is 1.37. The summed E-state index contributed by atoms with van der Waals surface area (Å²) in [6.07, 6.45) is 3.31. The van der Waals surface area contributed by atoms with Gasteiger partial charge in [0, 0.05) is 12.1 Å². The fraction of sp³-hybridized carbons (Fsp3) is 0.250. The molecule has 1 heteroatoms. The Kier molecular flexibility index (Phi) is 2.52. The Bertz CT molecular complexity index is 318. The van der Waals surface area contributed by atoms with Gasteiger partial charge < -0.3 is 5.32 Å². The monoisotopic (exact) mass is 170 g/mol. The minimum atomic E-state index is 1.04. The molecule has 1 N–H and O–H groups in total. The summed E-state index contributed by atoms with van der Waals surface area (Å²) < 4.78 is 0. The van der Waals surface area contributed by atoms with Crippen molar-refractivity contribution in [2.45, 2.75) is 19.3 Å². The van der Waals surface area contributed by atoms with Gasteiger partial charge in [-0.15, -0.1) is 5.92 Å². The molecule has 0 aliphatic heterocycles. The van der Waals surface area contributed by atoms with Gasteiger partial charge in [0.05, 0.1) is 0 Å². The number of rotatable bonds is 2. The molecular formula is C12H12N. The molecule has 1 aromatic rings. The van der Waals surface area contributed by atoms with E-state index in [9.17, 15) is 0 Å². The second-order valence-electron chi connectivity index (χ2n) is 3.12. The van der Waals surface area contributed by atoms with E-state index >= 15 is 0 Å². The molecule has 0 aromatic heterocycles. The van der Waals surface area contributed by atoms with Crippen LogP contribution < -0.4 is 5.32 Å². The molecule has 1 radical (unpaired) electrons. The largest absolute Gasteiger partial charge is 0.366 e. The lowest BCUT2D eigenvalue weighted by atomic mass is 10.1. The molecule has 0 heterocycles. The number of para-hydroxylation sites is 1. The third-order valence-electron chi connectivity index (χ3n) is 2.04. The van der Waals surface area contributed by atoms with Gasteiger partial charge in [0.2, 0.25) is 0 Å². The summed E-state index contributed by atoms with van der Waals surface area (Å²) in [7, 11) is 0. The second-order valence-corrected chi connectivity index (χ2v) is 3.12. The van der Waals surface area contributed by atoms with E-state index in [1.165, 1.54) is 6.42 Å². The molecule has 0 bridgehead atoms. The lowest BCUT2D eigenvalue weighted by molar-refractivity contribution is 0.792. The molecule has 2 rings (SSSR count). The molecule has 1 aliphatic rings. The van der Waals surface area contributed by atoms with Gasteiger partial charge in [0.1, 0.15) is 6.04 Å². The van der Waals surface area contributed by atoms with Gasteiger partial charge in [0.15, 0.2) is 0 Å². The minimum absolute atomic E-state index is 1.04. The topological polar surface area (TPSA) is 12.0 Å². The number of hydrogen-bond acceptors (Lipinski definition) is 1. The molecule has 0 spiro atoms. The number of hydrogen-bond donors (Lipinski definition) is 1. The molecule has 0 atom stereocenters. The Morgan fingerprint density at radius 1 is 1.15 bits per heavy atom. The summed E-state index contributed by atoms with van der Waals surface area (Å²) in [5.74, 6) is 6.23. The molecule has 65 valence electrons. The molecule has 1 aliphatic carbocycles. The van der Waals surface area contributed by atoms with Crippen LogP contribution in [0.4, 0.5) is 5.69 Å². The quantitative estimate of drug-likeness (QED) is 0.673. The molecular weight excluding hydrogens is 158 g/mol. The van der Waals surface area contributed by atoms with Gasteiger partial charge in [-0.3, -0.25) is 0 Å². The van der Waals surface area contributed by atoms with E-state index in [1.54, 1.807) is 0 Å². The lowest BCUT2D eigenvalue weighted by Gasteiger charge is -2.14. The van der Waals surface area contributed by atoms with Crippen LogP contribution in [-0.4, -0.2) is 0 Å². The van der Waals surface area contributed by atoms with Crippen LogP contribution in [0.15, 0.2) is 30.3 Å². The maximum Gasteiger partial charge on any atom is 0.133 e. The third-order valence-corrected chi connectivity index (χ3v) is 2.04. The van der Waals surface area contributed by atoms with E-state index in [-0.39, 0.29) is 0 Å². The lowest BCUT2D eigenvalue weighted by Crippen LogP contribution is -2.09. The molecule has 0 fully saturated rings. The van der Waals surface area contributed by atoms with Crippen molar-refractivity contribution in [3.8, 4) is 11.8 Å². The molecule has 0 saturated carbocycles. The van der Waals surface area contributed by atoms with Crippen molar-refractivity contribution in [2.24, 2.45) is 0 Å². The van der Waals surface area contributed by atoms with Crippen molar-refractivity contribution in [3.63, 3.8) is 0 Å². The zero-order valence-corrected chi connectivity index (χ0v) is 7.51. The first-order valence-corrected chi connectivity index (χ1v) is 4.62. The summed E-state index contributed by atoms with van der Waals surface area (Å²) in [5, 5.41) is 3.32. The van der Waals surface area contributed by atoms with E-state index in [1.807, 2.05) is 18.2 Å². The first-order valence-electron chi connectivity index (χ1n) is 4.62. The summed E-state index contributed by atoms with van der Waals surface area (Å²) in [6.45, 7) is 0. The van der Waals surface area contributed by atoms with Gasteiger partial charge in [-0.05, 0) is 25.0 Å². The highest BCUT2D eigenvalue weighted by Crippen LogP contribution is 2.17. The normalized spacial score (nSPS) is 16.0. The van der Waals surface area contributed by atoms with Crippen molar-refractivity contribution in [3.05, 3.63) is 36.4 Å². The molecule has 0 amide bonds. The first kappa shape index (κ1) is 8.19. The van der Waals surface area contributed by atoms with E-state index in [4.69, 9.17) is 0 Å². The van der Waals surface area contributed by atoms with Gasteiger partial charge in [-0.1, -0.05) is 24.1 Å². The average molecular weight is 170 g/mol. The Morgan fingerprint density at radius 3 is 2.69 bits per heavy atom. The Morgan fingerprint density at radius 2 is 2.00 bits per heavy atom. The number of anilines is 1. The maximum atomic E-state index is 3.32. The van der Waals surface area contributed by atoms with Gasteiger partial charge in [-0.25, -0.2) is 0 Å². The van der Waals surface area contributed by atoms with Crippen LogP contribution in [-0.2, 0) is 0 Å². The fourth-order valence-corrected chi connectivity index (χ4v) is 1.37. The van der Waals surface area contributed by atoms with Crippen LogP contribution in [0.1, 0.15) is 19.3 Å². The Hall–Kier alpha value is -1.42. The summed E-state index contributed by atoms with van der Waals surface area (Å²) in [6, 6.07) is 11.3. The van der Waals surface area contributed by atoms with Crippen molar-refractivity contribution in [1.29, 1.82) is 0 Å². The SMILES string of the molecule is C1#C[C](Nc2ccccc2)CCC1. The van der Waals surface area contributed by atoms with E-state index in [2.05, 4.69) is 29.3 Å². The molecule has 0 saturated heterocycles. The molecule has 13 heavy (non-hydrogen) atoms. The van der Waals surface area contributed by atoms with Crippen LogP contribution in [0.3, 0.4) is 0 Å². The van der Waals surface area contributed by atoms with Crippen molar-refractivity contribution in [2.75, 3.05) is 5.32 Å². The minimum Gasteiger partial charge on any atom is -0.366 e. The van der Waals surface area contributed by atoms with Crippen molar-refractivity contribution >= 4 is 5.69 Å². The van der Waals surface area contributed by atoms with E-state index in [0.717, 1.165) is 24.6 Å². The summed E-state index contributed by atoms with van der Waals surface area (Å²) in [5.41, 5.74) is 1.13. The van der Waals surface area contributed by atoms with Crippen LogP contribution in [0, 0.1) is 17.9 Å². The molecule has 1 aromatic carbocycles. The number of benzene rings is 1. The average Bonchev–Trinajstić information content (AvgIpc) is 2.21. The van der Waals surface area contributed by atoms with Crippen molar-refractivity contribution in [1.82, 2.24) is 0 Å². The zero-order valence-electron chi connectivity index (χ0n) is 7.51. The Balaban J connectivity index is 2.00. The van der Waals surface area contributed by atoms with E-state index in [0.29, 0.717) is 0 Å². The zero-order chi connectivity index (χ0) is 8.93. The summed E-state index contributed by atoms with van der Waals surface area (Å²) in [4.78, 5) is 0. The first-order chi connectivity index (χ1) is 6.45. The van der Waals surface area contributed by atoms with Gasteiger partial charge in [0.25, 0.3) is 0 Å². The van der Waals surface area contributed by atoms with Gasteiger partial charge >= 0.3 is 0 Å². The highest BCUT2D eigenvalue weighted by atomic mass is 14.9. The highest BCUT2D eigenvalue weighted by Gasteiger charge is 2.08. The van der Waals surface area contributed by atoms with E-state index < -0.39 is 0 Å².